The van der Waals surface area contributed by atoms with E-state index in [9.17, 15) is 9.59 Å². The van der Waals surface area contributed by atoms with Crippen molar-refractivity contribution in [3.8, 4) is 11.1 Å². The number of rotatable bonds is 9. The van der Waals surface area contributed by atoms with Crippen molar-refractivity contribution in [3.05, 3.63) is 83.2 Å². The Hall–Kier alpha value is -3.51. The average Bonchev–Trinajstić information content (AvgIpc) is 2.93. The molecule has 0 saturated carbocycles. The van der Waals surface area contributed by atoms with Gasteiger partial charge in [-0.25, -0.2) is 4.98 Å². The fourth-order valence-corrected chi connectivity index (χ4v) is 4.89. The molecule has 0 atom stereocenters. The highest BCUT2D eigenvalue weighted by atomic mass is 16.2. The minimum Gasteiger partial charge on any atom is -0.337 e. The molecule has 3 aromatic rings. The number of likely N-dealkylation sites (tertiary alicyclic amines) is 1. The third kappa shape index (κ3) is 7.04. The Morgan fingerprint density at radius 1 is 0.973 bits per heavy atom. The van der Waals surface area contributed by atoms with Gasteiger partial charge in [0.2, 0.25) is 5.91 Å². The highest BCUT2D eigenvalue weighted by Crippen LogP contribution is 2.27. The van der Waals surface area contributed by atoms with E-state index in [1.54, 1.807) is 6.20 Å². The molecular weight excluding hydrogens is 460 g/mol. The van der Waals surface area contributed by atoms with Crippen molar-refractivity contribution in [3.63, 3.8) is 0 Å². The fourth-order valence-electron chi connectivity index (χ4n) is 4.89. The first-order chi connectivity index (χ1) is 18.0. The minimum absolute atomic E-state index is 0.119. The van der Waals surface area contributed by atoms with E-state index >= 15 is 0 Å². The van der Waals surface area contributed by atoms with Crippen LogP contribution >= 0.6 is 0 Å². The van der Waals surface area contributed by atoms with Crippen molar-refractivity contribution in [1.82, 2.24) is 15.2 Å². The predicted molar refractivity (Wildman–Crippen MR) is 149 cm³/mol. The van der Waals surface area contributed by atoms with Crippen LogP contribution in [0.4, 0.5) is 5.69 Å². The molecule has 37 heavy (non-hydrogen) atoms. The van der Waals surface area contributed by atoms with Crippen LogP contribution in [-0.2, 0) is 17.8 Å². The number of amides is 2. The van der Waals surface area contributed by atoms with Gasteiger partial charge in [0.1, 0.15) is 0 Å². The third-order valence-corrected chi connectivity index (χ3v) is 7.21. The first kappa shape index (κ1) is 26.6. The number of anilines is 1. The van der Waals surface area contributed by atoms with Crippen LogP contribution < -0.4 is 10.6 Å². The Balaban J connectivity index is 1.53. The molecule has 0 aliphatic carbocycles. The van der Waals surface area contributed by atoms with Crippen molar-refractivity contribution < 1.29 is 9.59 Å². The summed E-state index contributed by atoms with van der Waals surface area (Å²) in [6, 6.07) is 18.4. The predicted octanol–water partition coefficient (Wildman–Crippen LogP) is 5.61. The number of aryl methyl sites for hydroxylation is 2. The number of carbonyl (C=O) groups is 2. The molecule has 2 heterocycles. The van der Waals surface area contributed by atoms with Crippen LogP contribution in [0.2, 0.25) is 0 Å². The summed E-state index contributed by atoms with van der Waals surface area (Å²) in [5.41, 5.74) is 6.19. The lowest BCUT2D eigenvalue weighted by Gasteiger charge is -2.31. The summed E-state index contributed by atoms with van der Waals surface area (Å²) in [7, 11) is 0. The molecule has 0 spiro atoms. The maximum atomic E-state index is 13.5. The van der Waals surface area contributed by atoms with Crippen molar-refractivity contribution in [2.45, 2.75) is 53.0 Å². The summed E-state index contributed by atoms with van der Waals surface area (Å²) in [4.78, 5) is 32.9. The smallest absolute Gasteiger partial charge is 0.274 e. The first-order valence-corrected chi connectivity index (χ1v) is 13.4. The van der Waals surface area contributed by atoms with E-state index in [0.717, 1.165) is 55.5 Å². The molecule has 0 bridgehead atoms. The van der Waals surface area contributed by atoms with E-state index in [-0.39, 0.29) is 18.4 Å². The third-order valence-electron chi connectivity index (χ3n) is 7.21. The molecule has 1 aliphatic rings. The van der Waals surface area contributed by atoms with Crippen LogP contribution in [0.1, 0.15) is 60.3 Å². The zero-order chi connectivity index (χ0) is 26.2. The molecule has 4 rings (SSSR count). The second kappa shape index (κ2) is 12.6. The van der Waals surface area contributed by atoms with Crippen molar-refractivity contribution in [2.24, 2.45) is 5.92 Å². The molecule has 2 aromatic carbocycles. The zero-order valence-electron chi connectivity index (χ0n) is 22.2. The summed E-state index contributed by atoms with van der Waals surface area (Å²) in [6.45, 7) is 8.56. The lowest BCUT2D eigenvalue weighted by atomic mass is 9.94. The number of aromatic nitrogens is 1. The topological polar surface area (TPSA) is 74.3 Å². The molecule has 1 fully saturated rings. The number of carbonyl (C=O) groups excluding carboxylic acids is 2. The van der Waals surface area contributed by atoms with Gasteiger partial charge in [-0.15, -0.1) is 0 Å². The summed E-state index contributed by atoms with van der Waals surface area (Å²) < 4.78 is 0. The Labute approximate surface area is 220 Å². The summed E-state index contributed by atoms with van der Waals surface area (Å²) in [5.74, 6) is 0.350. The number of hydrogen-bond acceptors (Lipinski definition) is 4. The molecule has 0 radical (unpaired) electrons. The largest absolute Gasteiger partial charge is 0.337 e. The van der Waals surface area contributed by atoms with Gasteiger partial charge in [0.05, 0.1) is 12.2 Å². The fraction of sp³-hybridized carbons (Fsp3) is 0.387. The van der Waals surface area contributed by atoms with Gasteiger partial charge in [0.15, 0.2) is 5.69 Å². The first-order valence-electron chi connectivity index (χ1n) is 13.4. The monoisotopic (exact) mass is 498 g/mol. The summed E-state index contributed by atoms with van der Waals surface area (Å²) in [6.07, 6.45) is 5.83. The minimum atomic E-state index is -0.201. The Morgan fingerprint density at radius 2 is 1.73 bits per heavy atom. The van der Waals surface area contributed by atoms with Crippen molar-refractivity contribution in [1.29, 1.82) is 0 Å². The van der Waals surface area contributed by atoms with Gasteiger partial charge in [-0.3, -0.25) is 9.59 Å². The van der Waals surface area contributed by atoms with Crippen LogP contribution in [0.25, 0.3) is 11.1 Å². The summed E-state index contributed by atoms with van der Waals surface area (Å²) >= 11 is 0. The maximum Gasteiger partial charge on any atom is 0.274 e. The molecule has 1 saturated heterocycles. The lowest BCUT2D eigenvalue weighted by Crippen LogP contribution is -2.39. The van der Waals surface area contributed by atoms with Gasteiger partial charge < -0.3 is 15.5 Å². The van der Waals surface area contributed by atoms with Crippen LogP contribution in [0.5, 0.6) is 0 Å². The van der Waals surface area contributed by atoms with E-state index in [0.29, 0.717) is 23.8 Å². The quantitative estimate of drug-likeness (QED) is 0.402. The Kier molecular flexibility index (Phi) is 9.07. The lowest BCUT2D eigenvalue weighted by molar-refractivity contribution is -0.115. The zero-order valence-corrected chi connectivity index (χ0v) is 22.2. The second-order valence-electron chi connectivity index (χ2n) is 9.96. The molecule has 0 unspecified atom stereocenters. The Morgan fingerprint density at radius 3 is 2.46 bits per heavy atom. The van der Waals surface area contributed by atoms with Crippen molar-refractivity contribution in [2.75, 3.05) is 25.0 Å². The molecule has 6 nitrogen and oxygen atoms in total. The number of piperidine rings is 1. The SMILES string of the molecule is CCc1cccc(-c2cnc(C(=O)N3CCC(CC)CC3)c(NC(=O)CNCc3cccc(C)c3)c2)c1. The number of hydrogen-bond donors (Lipinski definition) is 2. The van der Waals surface area contributed by atoms with E-state index in [4.69, 9.17) is 0 Å². The number of benzene rings is 2. The van der Waals surface area contributed by atoms with Gasteiger partial charge in [0, 0.05) is 31.4 Å². The molecular formula is C31H38N4O2. The second-order valence-corrected chi connectivity index (χ2v) is 9.96. The number of nitrogens with one attached hydrogen (secondary N) is 2. The molecule has 2 N–H and O–H groups in total. The highest BCUT2D eigenvalue weighted by molar-refractivity contribution is 6.03. The maximum absolute atomic E-state index is 13.5. The number of nitrogens with zero attached hydrogens (tertiary/aromatic N) is 2. The van der Waals surface area contributed by atoms with E-state index in [2.05, 4.69) is 60.7 Å². The van der Waals surface area contributed by atoms with Gasteiger partial charge >= 0.3 is 0 Å². The Bertz CT molecular complexity index is 1230. The molecule has 194 valence electrons. The number of pyridine rings is 1. The van der Waals surface area contributed by atoms with Crippen LogP contribution in [0.15, 0.2) is 60.8 Å². The average molecular weight is 499 g/mol. The molecule has 2 amide bonds. The highest BCUT2D eigenvalue weighted by Gasteiger charge is 2.26. The van der Waals surface area contributed by atoms with Crippen LogP contribution in [0, 0.1) is 12.8 Å². The van der Waals surface area contributed by atoms with Crippen LogP contribution in [-0.4, -0.2) is 41.3 Å². The normalized spacial score (nSPS) is 14.0. The van der Waals surface area contributed by atoms with E-state index in [1.807, 2.05) is 35.2 Å². The van der Waals surface area contributed by atoms with E-state index < -0.39 is 0 Å². The van der Waals surface area contributed by atoms with Gasteiger partial charge in [-0.2, -0.15) is 0 Å². The van der Waals surface area contributed by atoms with Crippen molar-refractivity contribution >= 4 is 17.5 Å². The standard InChI is InChI=1S/C31H38N4O2/c1-4-23-12-14-35(15-13-23)31(37)30-28(18-27(20-33-30)26-11-7-9-24(5-2)17-26)34-29(36)21-32-19-25-10-6-8-22(3)16-25/h6-11,16-18,20,23,32H,4-5,12-15,19,21H2,1-3H3,(H,34,36). The van der Waals surface area contributed by atoms with Gasteiger partial charge in [0.25, 0.3) is 5.91 Å². The van der Waals surface area contributed by atoms with Gasteiger partial charge in [-0.05, 0) is 54.9 Å². The summed E-state index contributed by atoms with van der Waals surface area (Å²) in [5, 5.41) is 6.18. The molecule has 6 heteroatoms. The molecule has 1 aliphatic heterocycles. The van der Waals surface area contributed by atoms with Crippen LogP contribution in [0.3, 0.4) is 0 Å². The van der Waals surface area contributed by atoms with E-state index in [1.165, 1.54) is 11.1 Å². The van der Waals surface area contributed by atoms with Gasteiger partial charge in [-0.1, -0.05) is 74.4 Å². The molecule has 1 aromatic heterocycles.